The maximum atomic E-state index is 13.4. The number of hydrogen-bond donors (Lipinski definition) is 5. The number of aromatic nitrogens is 8. The van der Waals surface area contributed by atoms with Gasteiger partial charge in [0.1, 0.15) is 12.2 Å². The van der Waals surface area contributed by atoms with Gasteiger partial charge in [0.05, 0.1) is 18.9 Å². The Morgan fingerprint density at radius 3 is 2.70 bits per heavy atom. The van der Waals surface area contributed by atoms with Gasteiger partial charge in [-0.3, -0.25) is 4.57 Å². The molecule has 3 fully saturated rings. The number of aliphatic hydroxyl groups excluding tert-OH is 2. The Kier molecular flexibility index (Phi) is 10.0. The normalized spacial score (nSPS) is 23.9. The number of imidazole rings is 1. The quantitative estimate of drug-likeness (QED) is 0.134. The van der Waals surface area contributed by atoms with Crippen molar-refractivity contribution in [3.8, 4) is 0 Å². The molecule has 8 rings (SSSR count). The summed E-state index contributed by atoms with van der Waals surface area (Å²) in [6.45, 7) is 3.62. The van der Waals surface area contributed by atoms with E-state index in [0.29, 0.717) is 43.2 Å². The van der Waals surface area contributed by atoms with E-state index in [0.717, 1.165) is 16.3 Å². The Bertz CT molecular complexity index is 2230. The van der Waals surface area contributed by atoms with Gasteiger partial charge in [-0.15, -0.1) is 15.3 Å². The molecule has 3 aliphatic rings. The molecule has 5 aromatic rings. The highest BCUT2D eigenvalue weighted by atomic mass is 19.4. The lowest BCUT2D eigenvalue weighted by atomic mass is 10.0. The first-order chi connectivity index (χ1) is 27.0. The highest BCUT2D eigenvalue weighted by Crippen LogP contribution is 2.39. The minimum Gasteiger partial charge on any atom is -0.387 e. The number of hydroxylamine groups is 2. The molecule has 2 amide bonds. The molecule has 296 valence electrons. The number of tetrazole rings is 1. The highest BCUT2D eigenvalue weighted by molar-refractivity contribution is 5.87. The van der Waals surface area contributed by atoms with Crippen molar-refractivity contribution >= 4 is 45.7 Å². The number of rotatable bonds is 9. The van der Waals surface area contributed by atoms with E-state index in [-0.39, 0.29) is 48.8 Å². The third-order valence-electron chi connectivity index (χ3n) is 10.0. The number of ether oxygens (including phenoxy) is 1. The average Bonchev–Trinajstić information content (AvgIpc) is 4.05. The van der Waals surface area contributed by atoms with Gasteiger partial charge in [0.25, 0.3) is 0 Å². The van der Waals surface area contributed by atoms with Crippen molar-refractivity contribution in [2.45, 2.75) is 75.7 Å². The van der Waals surface area contributed by atoms with Gasteiger partial charge in [-0.05, 0) is 47.9 Å². The summed E-state index contributed by atoms with van der Waals surface area (Å²) in [5.74, 6) is -2.07. The zero-order valence-corrected chi connectivity index (χ0v) is 29.9. The van der Waals surface area contributed by atoms with Crippen LogP contribution in [0.2, 0.25) is 0 Å². The monoisotopic (exact) mass is 781 g/mol. The van der Waals surface area contributed by atoms with Crippen LogP contribution in [0.1, 0.15) is 43.5 Å². The summed E-state index contributed by atoms with van der Waals surface area (Å²) in [5.41, 5.74) is 1.43. The minimum atomic E-state index is -5.34. The molecule has 3 saturated heterocycles. The molecule has 0 spiro atoms. The van der Waals surface area contributed by atoms with Crippen molar-refractivity contribution in [3.63, 3.8) is 0 Å². The molecule has 1 unspecified atom stereocenters. The van der Waals surface area contributed by atoms with Gasteiger partial charge in [0.2, 0.25) is 11.8 Å². The molecular formula is C34H38F3N13O6. The van der Waals surface area contributed by atoms with E-state index in [2.05, 4.69) is 41.2 Å². The summed E-state index contributed by atoms with van der Waals surface area (Å²) < 4.78 is 47.6. The Labute approximate surface area is 315 Å². The van der Waals surface area contributed by atoms with Crippen molar-refractivity contribution in [2.24, 2.45) is 0 Å². The number of anilines is 2. The number of urea groups is 1. The Morgan fingerprint density at radius 2 is 1.93 bits per heavy atom. The van der Waals surface area contributed by atoms with Gasteiger partial charge < -0.3 is 40.6 Å². The third-order valence-corrected chi connectivity index (χ3v) is 10.0. The smallest absolute Gasteiger partial charge is 0.387 e. The van der Waals surface area contributed by atoms with Gasteiger partial charge in [0.15, 0.2) is 29.3 Å². The van der Waals surface area contributed by atoms with Crippen LogP contribution in [0.4, 0.5) is 29.7 Å². The Balaban J connectivity index is 1.12. The number of fused-ring (bicyclic) bond motifs is 2. The summed E-state index contributed by atoms with van der Waals surface area (Å²) in [4.78, 5) is 47.0. The van der Waals surface area contributed by atoms with Crippen LogP contribution < -0.4 is 20.9 Å². The molecule has 6 atom stereocenters. The van der Waals surface area contributed by atoms with E-state index in [4.69, 9.17) is 14.7 Å². The number of nitrogens with one attached hydrogen (secondary N) is 3. The van der Waals surface area contributed by atoms with E-state index in [1.54, 1.807) is 4.90 Å². The van der Waals surface area contributed by atoms with Crippen molar-refractivity contribution < 1.29 is 42.5 Å². The number of alkyl halides is 3. The SMILES string of the molecule is CCn1nnc([C@H]2O[C@@H](n3cnc4c(NCc5cccc6ccccc56)nc(N5CC[C@@H](N(OC(=O)C(F)(F)F)C(=O)NC6CCNC6)C5)nc43)[C@@H](O)[C@@H]2O)n1. The lowest BCUT2D eigenvalue weighted by Crippen LogP contribution is -2.52. The van der Waals surface area contributed by atoms with Crippen LogP contribution >= 0.6 is 0 Å². The van der Waals surface area contributed by atoms with Crippen molar-refractivity contribution in [1.82, 2.24) is 55.4 Å². The van der Waals surface area contributed by atoms with E-state index in [1.165, 1.54) is 15.7 Å². The second-order valence-corrected chi connectivity index (χ2v) is 13.7. The second kappa shape index (κ2) is 15.1. The number of nitrogens with zero attached hydrogens (tertiary/aromatic N) is 10. The fourth-order valence-corrected chi connectivity index (χ4v) is 7.14. The van der Waals surface area contributed by atoms with Gasteiger partial charge in [-0.1, -0.05) is 42.5 Å². The number of hydrogen-bond acceptors (Lipinski definition) is 15. The van der Waals surface area contributed by atoms with E-state index in [1.807, 2.05) is 49.4 Å². The van der Waals surface area contributed by atoms with Crippen molar-refractivity contribution in [2.75, 3.05) is 36.4 Å². The van der Waals surface area contributed by atoms with E-state index >= 15 is 0 Å². The maximum absolute atomic E-state index is 13.4. The van der Waals surface area contributed by atoms with Crippen LogP contribution in [0.3, 0.4) is 0 Å². The van der Waals surface area contributed by atoms with Crippen LogP contribution in [0.5, 0.6) is 0 Å². The molecule has 2 aromatic carbocycles. The number of carbonyl (C=O) groups excluding carboxylic acids is 2. The van der Waals surface area contributed by atoms with Gasteiger partial charge in [-0.25, -0.2) is 14.6 Å². The molecule has 3 aromatic heterocycles. The molecule has 0 aliphatic carbocycles. The predicted octanol–water partition coefficient (Wildman–Crippen LogP) is 1.56. The standard InChI is InChI=1S/C34H38F3N13O6/c1-2-49-45-28(44-46-49)26-24(51)25(52)30(55-26)48-17-40-23-27(39-14-19-8-5-7-18-6-3-4-9-22(18)19)42-32(43-29(23)48)47-13-11-21(16-47)50(56-31(53)34(35,36)37)33(54)41-20-10-12-38-15-20/h3-9,17,20-21,24-26,30,38,51-52H,2,10-16H2,1H3,(H,41,54)(H,39,42,43)/t20?,21-,24+,25+,26+,30-/m1/s1. The van der Waals surface area contributed by atoms with Crippen LogP contribution in [0.15, 0.2) is 48.8 Å². The molecule has 6 heterocycles. The summed E-state index contributed by atoms with van der Waals surface area (Å²) >= 11 is 0. The maximum Gasteiger partial charge on any atom is 0.493 e. The predicted molar refractivity (Wildman–Crippen MR) is 189 cm³/mol. The van der Waals surface area contributed by atoms with Crippen LogP contribution in [-0.2, 0) is 27.5 Å². The fraction of sp³-hybridized carbons (Fsp3) is 0.471. The average molecular weight is 782 g/mol. The first-order valence-corrected chi connectivity index (χ1v) is 18.1. The highest BCUT2D eigenvalue weighted by Gasteiger charge is 2.48. The first-order valence-electron chi connectivity index (χ1n) is 18.1. The molecule has 3 aliphatic heterocycles. The number of aryl methyl sites for hydroxylation is 1. The lowest BCUT2D eigenvalue weighted by molar-refractivity contribution is -0.232. The van der Waals surface area contributed by atoms with E-state index < -0.39 is 48.8 Å². The largest absolute Gasteiger partial charge is 0.493 e. The van der Waals surface area contributed by atoms with Crippen molar-refractivity contribution in [1.29, 1.82) is 0 Å². The van der Waals surface area contributed by atoms with Crippen LogP contribution in [0, 0.1) is 0 Å². The molecule has 22 heteroatoms. The lowest BCUT2D eigenvalue weighted by Gasteiger charge is -2.28. The zero-order valence-electron chi connectivity index (χ0n) is 29.9. The molecule has 56 heavy (non-hydrogen) atoms. The third kappa shape index (κ3) is 7.22. The van der Waals surface area contributed by atoms with Crippen LogP contribution in [-0.4, -0.2) is 124 Å². The molecular weight excluding hydrogens is 743 g/mol. The number of carbonyl (C=O) groups is 2. The van der Waals surface area contributed by atoms with Crippen LogP contribution in [0.25, 0.3) is 21.9 Å². The summed E-state index contributed by atoms with van der Waals surface area (Å²) in [6.07, 6.45) is -8.56. The van der Waals surface area contributed by atoms with Gasteiger partial charge in [0, 0.05) is 32.2 Å². The Hall–Kier alpha value is -5.71. The Morgan fingerprint density at radius 1 is 1.11 bits per heavy atom. The molecule has 0 saturated carbocycles. The molecule has 0 bridgehead atoms. The van der Waals surface area contributed by atoms with Gasteiger partial charge >= 0.3 is 18.2 Å². The topological polar surface area (TPSA) is 223 Å². The van der Waals surface area contributed by atoms with Crippen molar-refractivity contribution in [3.05, 3.63) is 60.2 Å². The zero-order chi connectivity index (χ0) is 39.1. The van der Waals surface area contributed by atoms with Gasteiger partial charge in [-0.2, -0.15) is 27.9 Å². The molecule has 19 nitrogen and oxygen atoms in total. The molecule has 5 N–H and O–H groups in total. The summed E-state index contributed by atoms with van der Waals surface area (Å²) in [7, 11) is 0. The first kappa shape index (κ1) is 37.2. The minimum absolute atomic E-state index is 0.0743. The summed E-state index contributed by atoms with van der Waals surface area (Å²) in [5, 5.41) is 45.9. The number of benzene rings is 2. The fourth-order valence-electron chi connectivity index (χ4n) is 7.14. The summed E-state index contributed by atoms with van der Waals surface area (Å²) in [6, 6.07) is 11.4. The number of halogens is 3. The number of aliphatic hydroxyl groups is 2. The molecule has 0 radical (unpaired) electrons. The second-order valence-electron chi connectivity index (χ2n) is 13.7. The number of amides is 2. The van der Waals surface area contributed by atoms with E-state index in [9.17, 15) is 33.0 Å².